The van der Waals surface area contributed by atoms with Crippen molar-refractivity contribution in [2.45, 2.75) is 179 Å². The Kier molecular flexibility index (Phi) is 35.8. The SMILES string of the molecule is C=CC(=O)NCCc1cn(C[C@H](NC(=O)[C@H](C)NC(=O)[C@@H](NC(=O)[C@H](Cc2ccc(O)cc2)NC(=O)[C@H](CO)NC(=O)[C@H](CCC)NC(C)=O)C(C)(C)C)C(=O)N(C)[C@@H](C)C(=O)N[C@@H](C)C(=O)N[C@@H](Cc2c[nH]c3ncccc23)C(=O)N[C@@H](Cc2ccc(O)cc2)C(=O)N(C)[C@@H](Cc2ccc(F)cc2)C(=O)N(C)CC(=O)N[C@@H](CO)C(N)=O)nn1. The first kappa shape index (κ1) is 95.6. The molecule has 40 heteroatoms. The number of halogens is 1. The average molecular weight is 1670 g/mol. The van der Waals surface area contributed by atoms with E-state index in [-0.39, 0.29) is 56.6 Å². The van der Waals surface area contributed by atoms with Crippen LogP contribution in [-0.4, -0.2) is 269 Å². The van der Waals surface area contributed by atoms with Gasteiger partial charge in [0.1, 0.15) is 95.5 Å². The number of phenols is 2. The van der Waals surface area contributed by atoms with Gasteiger partial charge in [-0.25, -0.2) is 14.1 Å². The van der Waals surface area contributed by atoms with Gasteiger partial charge in [0.2, 0.25) is 88.6 Å². The van der Waals surface area contributed by atoms with Crippen LogP contribution in [0.3, 0.4) is 0 Å². The molecule has 0 saturated carbocycles. The van der Waals surface area contributed by atoms with Crippen LogP contribution in [0.2, 0.25) is 0 Å². The van der Waals surface area contributed by atoms with Crippen LogP contribution in [0, 0.1) is 11.2 Å². The van der Waals surface area contributed by atoms with Crippen molar-refractivity contribution in [3.8, 4) is 11.5 Å². The number of aromatic amines is 1. The van der Waals surface area contributed by atoms with Gasteiger partial charge in [0.05, 0.1) is 32.0 Å². The normalized spacial score (nSPS) is 14.2. The molecular formula is C80H107FN20O19. The summed E-state index contributed by atoms with van der Waals surface area (Å²) < 4.78 is 15.5. The Labute approximate surface area is 691 Å². The molecule has 18 N–H and O–H groups in total. The predicted octanol–water partition coefficient (Wildman–Crippen LogP) is -3.12. The number of aliphatic hydroxyl groups excluding tert-OH is 2. The molecule has 0 aliphatic rings. The summed E-state index contributed by atoms with van der Waals surface area (Å²) in [5, 5.41) is 77.1. The predicted molar refractivity (Wildman–Crippen MR) is 431 cm³/mol. The Morgan fingerprint density at radius 1 is 0.592 bits per heavy atom. The minimum atomic E-state index is -1.65. The van der Waals surface area contributed by atoms with Crippen molar-refractivity contribution in [2.24, 2.45) is 11.1 Å². The van der Waals surface area contributed by atoms with Crippen LogP contribution in [0.4, 0.5) is 4.39 Å². The fourth-order valence-corrected chi connectivity index (χ4v) is 12.4. The molecule has 0 aliphatic carbocycles. The molecule has 648 valence electrons. The number of amides is 15. The first-order valence-corrected chi connectivity index (χ1v) is 38.4. The maximum atomic E-state index is 15.2. The molecule has 0 radical (unpaired) electrons. The fraction of sp³-hybridized carbons (Fsp3) is 0.450. The summed E-state index contributed by atoms with van der Waals surface area (Å²) in [6, 6.07) is 1.32. The number of nitrogens with two attached hydrogens (primary N) is 1. The Hall–Kier alpha value is -13.3. The summed E-state index contributed by atoms with van der Waals surface area (Å²) in [6.07, 6.45) is 5.15. The molecule has 3 aromatic carbocycles. The number of likely N-dealkylation sites (N-methyl/N-ethyl adjacent to an activating group) is 3. The molecule has 6 aromatic rings. The molecular weight excluding hydrogens is 1560 g/mol. The van der Waals surface area contributed by atoms with E-state index in [1.54, 1.807) is 39.8 Å². The number of nitrogens with zero attached hydrogens (tertiary/aromatic N) is 7. The van der Waals surface area contributed by atoms with Crippen molar-refractivity contribution in [1.82, 2.24) is 98.1 Å². The van der Waals surface area contributed by atoms with Crippen molar-refractivity contribution < 1.29 is 96.7 Å². The van der Waals surface area contributed by atoms with E-state index in [9.17, 15) is 87.1 Å². The molecule has 39 nitrogen and oxygen atoms in total. The third-order valence-corrected chi connectivity index (χ3v) is 19.4. The fourth-order valence-electron chi connectivity index (χ4n) is 12.4. The number of fused-ring (bicyclic) bond motifs is 1. The zero-order valence-corrected chi connectivity index (χ0v) is 68.5. The molecule has 3 aromatic heterocycles. The Morgan fingerprint density at radius 3 is 1.67 bits per heavy atom. The van der Waals surface area contributed by atoms with Gasteiger partial charge in [0.15, 0.2) is 0 Å². The lowest BCUT2D eigenvalue weighted by Gasteiger charge is -2.34. The minimum Gasteiger partial charge on any atom is -0.508 e. The Morgan fingerprint density at radius 2 is 1.10 bits per heavy atom. The van der Waals surface area contributed by atoms with Gasteiger partial charge in [-0.05, 0) is 109 Å². The van der Waals surface area contributed by atoms with Crippen molar-refractivity contribution >= 4 is 99.6 Å². The van der Waals surface area contributed by atoms with E-state index in [0.717, 1.165) is 32.9 Å². The van der Waals surface area contributed by atoms with Crippen molar-refractivity contribution in [3.63, 3.8) is 0 Å². The highest BCUT2D eigenvalue weighted by atomic mass is 19.1. The number of pyridine rings is 1. The second kappa shape index (κ2) is 44.9. The molecule has 0 aliphatic heterocycles. The first-order chi connectivity index (χ1) is 56.6. The largest absolute Gasteiger partial charge is 0.508 e. The number of aliphatic hydroxyl groups is 2. The van der Waals surface area contributed by atoms with E-state index in [1.807, 2.05) is 0 Å². The number of carbonyl (C=O) groups excluding carboxylic acids is 15. The molecule has 120 heavy (non-hydrogen) atoms. The lowest BCUT2D eigenvalue weighted by atomic mass is 9.85. The summed E-state index contributed by atoms with van der Waals surface area (Å²) in [5.41, 5.74) is 6.43. The number of primary amides is 1. The second-order valence-electron chi connectivity index (χ2n) is 30.0. The molecule has 0 saturated heterocycles. The third-order valence-electron chi connectivity index (χ3n) is 19.4. The van der Waals surface area contributed by atoms with Gasteiger partial charge in [-0.2, -0.15) is 0 Å². The van der Waals surface area contributed by atoms with E-state index in [1.165, 1.54) is 133 Å². The van der Waals surface area contributed by atoms with Crippen LogP contribution in [0.5, 0.6) is 11.5 Å². The van der Waals surface area contributed by atoms with E-state index >= 15 is 9.59 Å². The van der Waals surface area contributed by atoms with E-state index in [2.05, 4.69) is 85.3 Å². The molecule has 0 spiro atoms. The van der Waals surface area contributed by atoms with Crippen LogP contribution >= 0.6 is 0 Å². The number of carbonyl (C=O) groups is 15. The lowest BCUT2D eigenvalue weighted by molar-refractivity contribution is -0.147. The second-order valence-corrected chi connectivity index (χ2v) is 30.0. The maximum Gasteiger partial charge on any atom is 0.247 e. The van der Waals surface area contributed by atoms with Gasteiger partial charge < -0.3 is 104 Å². The molecule has 12 atom stereocenters. The smallest absolute Gasteiger partial charge is 0.247 e. The van der Waals surface area contributed by atoms with Gasteiger partial charge in [0.25, 0.3) is 0 Å². The molecule has 0 bridgehead atoms. The topological polar surface area (TPSA) is 564 Å². The van der Waals surface area contributed by atoms with E-state index in [4.69, 9.17) is 5.73 Å². The standard InChI is InChI=1S/C80H107FN20O19/c1-13-16-56(88-46(6)104)72(113)94-62(42-103)75(116)91-57(33-47-20-26-53(105)27-21-47)74(115)95-66(80(7,8)9)76(117)87-44(4)70(111)93-60(39-101-38-52(96-97-101)30-32-83-64(107)14-2)78(119)99(11)45(5)71(112)86-43(3)69(110)90-58(36-50-37-85-68-55(50)17-15-31-84-68)73(114)92-59(34-48-22-28-54(106)29-23-48)77(118)100(12)63(35-49-18-24-51(81)25-19-49)79(120)98(10)40-65(108)89-61(41-102)67(82)109/h14-15,17-29,31,37-38,43-45,56-63,66,102-103,105-106H,2,13,16,30,32-36,39-42H2,1,3-12H3,(H2,82,109)(H,83,107)(H,84,85)(H,86,112)(H,87,117)(H,88,104)(H,89,108)(H,90,110)(H,91,116)(H,92,114)(H,93,111)(H,94,113)(H,95,115)/t43-,44-,45-,56-,57-,58-,59-,60-,61-,62-,63-,66+/m0/s1. The highest BCUT2D eigenvalue weighted by Gasteiger charge is 2.41. The number of nitrogens with one attached hydrogen (secondary N) is 12. The summed E-state index contributed by atoms with van der Waals surface area (Å²) >= 11 is 0. The van der Waals surface area contributed by atoms with E-state index in [0.29, 0.717) is 45.4 Å². The van der Waals surface area contributed by atoms with Gasteiger partial charge in [0, 0.05) is 90.7 Å². The van der Waals surface area contributed by atoms with Crippen LogP contribution < -0.4 is 64.2 Å². The molecule has 15 amide bonds. The van der Waals surface area contributed by atoms with Gasteiger partial charge >= 0.3 is 0 Å². The molecule has 3 heterocycles. The number of hydrogen-bond acceptors (Lipinski definition) is 22. The van der Waals surface area contributed by atoms with Gasteiger partial charge in [-0.15, -0.1) is 5.10 Å². The van der Waals surface area contributed by atoms with Crippen LogP contribution in [-0.2, 0) is 111 Å². The van der Waals surface area contributed by atoms with E-state index < -0.39 is 199 Å². The summed E-state index contributed by atoms with van der Waals surface area (Å²) in [4.78, 5) is 219. The van der Waals surface area contributed by atoms with Crippen LogP contribution in [0.25, 0.3) is 11.0 Å². The lowest BCUT2D eigenvalue weighted by Crippen LogP contribution is -2.62. The number of aromatic hydroxyl groups is 2. The number of phenolic OH excluding ortho intramolecular Hbond substituents is 2. The molecule has 0 unspecified atom stereocenters. The number of aromatic nitrogens is 5. The monoisotopic (exact) mass is 1670 g/mol. The first-order valence-electron chi connectivity index (χ1n) is 38.4. The molecule has 6 rings (SSSR count). The average Bonchev–Trinajstić information content (AvgIpc) is 1.57. The summed E-state index contributed by atoms with van der Waals surface area (Å²) in [5.74, 6) is -14.2. The van der Waals surface area contributed by atoms with Crippen LogP contribution in [0.15, 0.2) is 116 Å². The zero-order valence-electron chi connectivity index (χ0n) is 68.5. The zero-order chi connectivity index (χ0) is 89.0. The number of H-pyrrole nitrogens is 1. The Balaban J connectivity index is 1.25. The van der Waals surface area contributed by atoms with Crippen molar-refractivity contribution in [2.75, 3.05) is 47.4 Å². The number of rotatable bonds is 44. The number of hydrogen-bond donors (Lipinski definition) is 17. The van der Waals surface area contributed by atoms with Crippen molar-refractivity contribution in [3.05, 3.63) is 150 Å². The van der Waals surface area contributed by atoms with Crippen molar-refractivity contribution in [1.29, 1.82) is 0 Å². The third kappa shape index (κ3) is 28.5. The Bertz CT molecular complexity index is 4630. The quantitative estimate of drug-likeness (QED) is 0.0168. The highest BCUT2D eigenvalue weighted by Crippen LogP contribution is 2.23. The molecule has 0 fully saturated rings. The summed E-state index contributed by atoms with van der Waals surface area (Å²) in [7, 11) is 3.69. The number of benzene rings is 3. The summed E-state index contributed by atoms with van der Waals surface area (Å²) in [6.45, 7) is 12.1. The van der Waals surface area contributed by atoms with Crippen LogP contribution in [0.1, 0.15) is 96.2 Å². The maximum absolute atomic E-state index is 15.2. The highest BCUT2D eigenvalue weighted by molar-refractivity contribution is 6.00. The van der Waals surface area contributed by atoms with Gasteiger partial charge in [-0.3, -0.25) is 71.9 Å². The minimum absolute atomic E-state index is 0.0907. The van der Waals surface area contributed by atoms with Gasteiger partial charge in [-0.1, -0.05) is 82.3 Å².